The minimum absolute atomic E-state index is 0.0443. The molecule has 3 nitrogen and oxygen atoms in total. The predicted octanol–water partition coefficient (Wildman–Crippen LogP) is 4.04. The number of nitrogens with one attached hydrogen (secondary N) is 1. The third kappa shape index (κ3) is 4.23. The number of nitrogens with zero attached hydrogens (tertiary/aromatic N) is 1. The third-order valence-electron chi connectivity index (χ3n) is 3.12. The lowest BCUT2D eigenvalue weighted by molar-refractivity contribution is -0.112. The van der Waals surface area contributed by atoms with Crippen molar-refractivity contribution >= 4 is 39.9 Å². The quantitative estimate of drug-likeness (QED) is 0.625. The number of carbonyl (C=O) groups is 1. The molecule has 19 heavy (non-hydrogen) atoms. The van der Waals surface area contributed by atoms with Crippen LogP contribution in [0.3, 0.4) is 0 Å². The lowest BCUT2D eigenvalue weighted by Crippen LogP contribution is -2.22. The Hall–Kier alpha value is -1.04. The molecule has 0 atom stereocenters. The summed E-state index contributed by atoms with van der Waals surface area (Å²) in [6.45, 7) is 9.85. The Morgan fingerprint density at radius 3 is 2.53 bits per heavy atom. The van der Waals surface area contributed by atoms with Crippen LogP contribution in [0.15, 0.2) is 29.8 Å². The largest absolute Gasteiger partial charge is 0.372 e. The molecule has 4 heteroatoms. The van der Waals surface area contributed by atoms with Crippen molar-refractivity contribution in [3.05, 3.63) is 33.4 Å². The topological polar surface area (TPSA) is 32.3 Å². The van der Waals surface area contributed by atoms with Gasteiger partial charge in [0.25, 0.3) is 5.91 Å². The van der Waals surface area contributed by atoms with E-state index in [-0.39, 0.29) is 5.91 Å². The maximum atomic E-state index is 11.9. The van der Waals surface area contributed by atoms with E-state index in [9.17, 15) is 4.79 Å². The van der Waals surface area contributed by atoms with Gasteiger partial charge in [0.05, 0.1) is 5.69 Å². The highest BCUT2D eigenvalue weighted by Gasteiger charge is 2.09. The lowest BCUT2D eigenvalue weighted by atomic mass is 10.2. The fourth-order valence-corrected chi connectivity index (χ4v) is 2.22. The van der Waals surface area contributed by atoms with Crippen LogP contribution in [-0.2, 0) is 4.79 Å². The number of anilines is 2. The molecular weight excluding hydrogens is 351 g/mol. The zero-order valence-electron chi connectivity index (χ0n) is 12.0. The molecule has 0 aliphatic carbocycles. The molecule has 0 spiro atoms. The molecule has 0 fully saturated rings. The molecule has 0 unspecified atom stereocenters. The van der Waals surface area contributed by atoms with Crippen LogP contribution >= 0.6 is 22.6 Å². The van der Waals surface area contributed by atoms with Crippen LogP contribution < -0.4 is 10.2 Å². The monoisotopic (exact) mass is 372 g/mol. The summed E-state index contributed by atoms with van der Waals surface area (Å²) < 4.78 is 1.05. The molecule has 1 N–H and O–H groups in total. The number of hydrogen-bond acceptors (Lipinski definition) is 2. The van der Waals surface area contributed by atoms with Crippen LogP contribution in [-0.4, -0.2) is 19.0 Å². The summed E-state index contributed by atoms with van der Waals surface area (Å²) in [6.07, 6.45) is 1.82. The van der Waals surface area contributed by atoms with Gasteiger partial charge < -0.3 is 10.2 Å². The molecule has 0 aliphatic rings. The van der Waals surface area contributed by atoms with Crippen molar-refractivity contribution in [1.82, 2.24) is 0 Å². The molecule has 1 amide bonds. The van der Waals surface area contributed by atoms with Crippen molar-refractivity contribution in [3.8, 4) is 0 Å². The van der Waals surface area contributed by atoms with Gasteiger partial charge in [-0.25, -0.2) is 0 Å². The van der Waals surface area contributed by atoms with Crippen molar-refractivity contribution in [3.63, 3.8) is 0 Å². The highest BCUT2D eigenvalue weighted by atomic mass is 127. The highest BCUT2D eigenvalue weighted by Crippen LogP contribution is 2.25. The van der Waals surface area contributed by atoms with Gasteiger partial charge in [0.1, 0.15) is 0 Å². The molecule has 1 rings (SSSR count). The van der Waals surface area contributed by atoms with Crippen molar-refractivity contribution in [2.24, 2.45) is 0 Å². The van der Waals surface area contributed by atoms with E-state index >= 15 is 0 Å². The molecule has 0 aromatic heterocycles. The zero-order valence-corrected chi connectivity index (χ0v) is 14.1. The van der Waals surface area contributed by atoms with Gasteiger partial charge in [-0.2, -0.15) is 0 Å². The Labute approximate surface area is 129 Å². The Bertz CT molecular complexity index is 479. The summed E-state index contributed by atoms with van der Waals surface area (Å²) >= 11 is 2.24. The smallest absolute Gasteiger partial charge is 0.250 e. The van der Waals surface area contributed by atoms with Gasteiger partial charge in [0, 0.05) is 27.9 Å². The van der Waals surface area contributed by atoms with Crippen LogP contribution in [0, 0.1) is 3.57 Å². The maximum Gasteiger partial charge on any atom is 0.250 e. The van der Waals surface area contributed by atoms with Crippen LogP contribution in [0.1, 0.15) is 27.7 Å². The van der Waals surface area contributed by atoms with Crippen molar-refractivity contribution in [2.75, 3.05) is 23.3 Å². The number of carbonyl (C=O) groups excluding carboxylic acids is 1. The van der Waals surface area contributed by atoms with E-state index in [1.165, 1.54) is 0 Å². The average Bonchev–Trinajstić information content (AvgIpc) is 2.42. The van der Waals surface area contributed by atoms with E-state index in [0.717, 1.165) is 33.6 Å². The van der Waals surface area contributed by atoms with Gasteiger partial charge in [-0.05, 0) is 68.5 Å². The number of hydrogen-bond donors (Lipinski definition) is 1. The number of rotatable bonds is 5. The van der Waals surface area contributed by atoms with E-state index < -0.39 is 0 Å². The number of benzene rings is 1. The molecule has 0 saturated carbocycles. The Kier molecular flexibility index (Phi) is 6.34. The van der Waals surface area contributed by atoms with Crippen LogP contribution in [0.4, 0.5) is 11.4 Å². The minimum Gasteiger partial charge on any atom is -0.372 e. The summed E-state index contributed by atoms with van der Waals surface area (Å²) in [5.74, 6) is -0.0443. The van der Waals surface area contributed by atoms with Gasteiger partial charge >= 0.3 is 0 Å². The first-order chi connectivity index (χ1) is 9.03. The molecule has 0 aliphatic heterocycles. The fourth-order valence-electron chi connectivity index (χ4n) is 1.75. The second kappa shape index (κ2) is 7.53. The van der Waals surface area contributed by atoms with Gasteiger partial charge in [-0.3, -0.25) is 4.79 Å². The summed E-state index contributed by atoms with van der Waals surface area (Å²) in [7, 11) is 0. The molecular formula is C15H21IN2O. The fraction of sp³-hybridized carbons (Fsp3) is 0.400. The van der Waals surface area contributed by atoms with E-state index in [4.69, 9.17) is 0 Å². The summed E-state index contributed by atoms with van der Waals surface area (Å²) in [6, 6.07) is 6.16. The molecule has 0 bridgehead atoms. The van der Waals surface area contributed by atoms with E-state index in [2.05, 4.69) is 52.7 Å². The first-order valence-corrected chi connectivity index (χ1v) is 7.60. The van der Waals surface area contributed by atoms with Crippen LogP contribution in [0.2, 0.25) is 0 Å². The Morgan fingerprint density at radius 1 is 1.37 bits per heavy atom. The molecule has 104 valence electrons. The van der Waals surface area contributed by atoms with E-state index in [0.29, 0.717) is 0 Å². The second-order valence-corrected chi connectivity index (χ2v) is 5.42. The third-order valence-corrected chi connectivity index (χ3v) is 4.06. The van der Waals surface area contributed by atoms with Gasteiger partial charge in [-0.15, -0.1) is 0 Å². The Morgan fingerprint density at radius 2 is 2.00 bits per heavy atom. The molecule has 1 aromatic rings. The molecule has 0 radical (unpaired) electrons. The van der Waals surface area contributed by atoms with Crippen LogP contribution in [0.25, 0.3) is 0 Å². The highest BCUT2D eigenvalue weighted by molar-refractivity contribution is 14.1. The van der Waals surface area contributed by atoms with Gasteiger partial charge in [0.15, 0.2) is 0 Å². The summed E-state index contributed by atoms with van der Waals surface area (Å²) in [5.41, 5.74) is 2.74. The molecule has 1 aromatic carbocycles. The number of amides is 1. The first-order valence-electron chi connectivity index (χ1n) is 6.52. The molecule has 0 saturated heterocycles. The van der Waals surface area contributed by atoms with E-state index in [1.807, 2.05) is 32.1 Å². The summed E-state index contributed by atoms with van der Waals surface area (Å²) in [4.78, 5) is 14.2. The minimum atomic E-state index is -0.0443. The van der Waals surface area contributed by atoms with Crippen LogP contribution in [0.5, 0.6) is 0 Å². The average molecular weight is 372 g/mol. The van der Waals surface area contributed by atoms with Crippen molar-refractivity contribution in [1.29, 1.82) is 0 Å². The number of halogens is 1. The Balaban J connectivity index is 3.01. The van der Waals surface area contributed by atoms with Gasteiger partial charge in [0.2, 0.25) is 0 Å². The predicted molar refractivity (Wildman–Crippen MR) is 90.8 cm³/mol. The number of allylic oxidation sites excluding steroid dienone is 1. The van der Waals surface area contributed by atoms with Gasteiger partial charge in [-0.1, -0.05) is 6.08 Å². The molecule has 0 heterocycles. The van der Waals surface area contributed by atoms with Crippen molar-refractivity contribution < 1.29 is 4.79 Å². The lowest BCUT2D eigenvalue weighted by Gasteiger charge is -2.22. The summed E-state index contributed by atoms with van der Waals surface area (Å²) in [5, 5.41) is 2.96. The second-order valence-electron chi connectivity index (χ2n) is 4.26. The normalized spacial score (nSPS) is 11.3. The zero-order chi connectivity index (χ0) is 14.4. The maximum absolute atomic E-state index is 11.9. The van der Waals surface area contributed by atoms with E-state index in [1.54, 1.807) is 0 Å². The standard InChI is InChI=1S/C15H21IN2O/c1-5-11(4)15(19)17-14-10-12(8-9-13(14)16)18(6-2)7-3/h5,8-10H,6-7H2,1-4H3,(H,17,19)/b11-5+. The SMILES string of the molecule is C/C=C(\C)C(=O)Nc1cc(N(CC)CC)ccc1I. The first kappa shape index (κ1) is 16.0. The van der Waals surface area contributed by atoms with Crippen molar-refractivity contribution in [2.45, 2.75) is 27.7 Å².